The molecular weight excluding hydrogens is 390 g/mol. The molecule has 2 rings (SSSR count). The summed E-state index contributed by atoms with van der Waals surface area (Å²) >= 11 is 1.26. The van der Waals surface area contributed by atoms with Gasteiger partial charge in [0.1, 0.15) is 5.75 Å². The first-order chi connectivity index (χ1) is 13.8. The lowest BCUT2D eigenvalue weighted by molar-refractivity contribution is -0.123. The summed E-state index contributed by atoms with van der Waals surface area (Å²) < 4.78 is 5.42. The first-order valence-electron chi connectivity index (χ1n) is 9.11. The normalized spacial score (nSPS) is 10.9. The van der Waals surface area contributed by atoms with Crippen molar-refractivity contribution in [2.75, 3.05) is 12.4 Å². The molecule has 9 heteroatoms. The number of thioether (sulfide) groups is 1. The van der Waals surface area contributed by atoms with Gasteiger partial charge in [-0.2, -0.15) is 5.10 Å². The summed E-state index contributed by atoms with van der Waals surface area (Å²) in [6.45, 7) is 7.52. The first kappa shape index (κ1) is 22.4. The third-order valence-corrected chi connectivity index (χ3v) is 4.24. The lowest BCUT2D eigenvalue weighted by Crippen LogP contribution is -2.34. The maximum atomic E-state index is 11.9. The van der Waals surface area contributed by atoms with E-state index in [4.69, 9.17) is 4.74 Å². The fourth-order valence-corrected chi connectivity index (χ4v) is 3.00. The van der Waals surface area contributed by atoms with Crippen molar-refractivity contribution >= 4 is 29.8 Å². The Balaban J connectivity index is 1.75. The number of nitrogens with one attached hydrogen (secondary N) is 2. The van der Waals surface area contributed by atoms with Gasteiger partial charge in [0.2, 0.25) is 0 Å². The molecule has 8 nitrogen and oxygen atoms in total. The molecule has 0 radical (unpaired) electrons. The Morgan fingerprint density at radius 2 is 1.79 bits per heavy atom. The number of nitrogens with zero attached hydrogens (tertiary/aromatic N) is 3. The quantitative estimate of drug-likeness (QED) is 0.282. The largest absolute Gasteiger partial charge is 0.484 e. The zero-order valence-corrected chi connectivity index (χ0v) is 17.7. The molecule has 0 saturated carbocycles. The number of aromatic nitrogens is 2. The second-order valence-electron chi connectivity index (χ2n) is 6.60. The molecule has 1 aromatic heterocycles. The Kier molecular flexibility index (Phi) is 8.60. The number of carbonyl (C=O) groups excluding carboxylic acids is 2. The lowest BCUT2D eigenvalue weighted by atomic mass is 10.2. The van der Waals surface area contributed by atoms with Crippen LogP contribution < -0.4 is 15.5 Å². The van der Waals surface area contributed by atoms with Crippen LogP contribution in [0.15, 0.2) is 40.6 Å². The lowest BCUT2D eigenvalue weighted by Gasteiger charge is -2.09. The van der Waals surface area contributed by atoms with E-state index in [1.54, 1.807) is 24.3 Å². The van der Waals surface area contributed by atoms with Gasteiger partial charge >= 0.3 is 0 Å². The number of benzene rings is 1. The van der Waals surface area contributed by atoms with Crippen LogP contribution >= 0.6 is 11.8 Å². The maximum absolute atomic E-state index is 11.9. The van der Waals surface area contributed by atoms with Crippen LogP contribution in [0.3, 0.4) is 0 Å². The summed E-state index contributed by atoms with van der Waals surface area (Å²) in [5, 5.41) is 7.26. The van der Waals surface area contributed by atoms with Crippen LogP contribution in [0.25, 0.3) is 0 Å². The van der Waals surface area contributed by atoms with E-state index in [9.17, 15) is 9.59 Å². The molecular formula is C20H25N5O3S. The third kappa shape index (κ3) is 8.73. The molecule has 2 N–H and O–H groups in total. The van der Waals surface area contributed by atoms with Crippen molar-refractivity contribution in [1.82, 2.24) is 20.7 Å². The third-order valence-electron chi connectivity index (χ3n) is 3.40. The van der Waals surface area contributed by atoms with E-state index in [-0.39, 0.29) is 30.2 Å². The Labute approximate surface area is 174 Å². The van der Waals surface area contributed by atoms with Crippen LogP contribution in [0.1, 0.15) is 30.8 Å². The highest BCUT2D eigenvalue weighted by Gasteiger charge is 2.06. The van der Waals surface area contributed by atoms with E-state index in [0.717, 1.165) is 17.0 Å². The second kappa shape index (κ2) is 11.2. The fraction of sp³-hybridized carbons (Fsp3) is 0.350. The van der Waals surface area contributed by atoms with Crippen molar-refractivity contribution in [2.24, 2.45) is 5.10 Å². The molecule has 2 aromatic rings. The number of hydrazone groups is 1. The molecule has 0 bridgehead atoms. The van der Waals surface area contributed by atoms with E-state index in [1.807, 2.05) is 33.8 Å². The average Bonchev–Trinajstić information content (AvgIpc) is 2.64. The minimum Gasteiger partial charge on any atom is -0.484 e. The molecule has 0 saturated heterocycles. The summed E-state index contributed by atoms with van der Waals surface area (Å²) in [5.41, 5.74) is 4.99. The Morgan fingerprint density at radius 3 is 2.41 bits per heavy atom. The van der Waals surface area contributed by atoms with Gasteiger partial charge in [-0.05, 0) is 63.6 Å². The monoisotopic (exact) mass is 415 g/mol. The number of hydrogen-bond donors (Lipinski definition) is 2. The van der Waals surface area contributed by atoms with Crippen LogP contribution in [0.2, 0.25) is 0 Å². The highest BCUT2D eigenvalue weighted by Crippen LogP contribution is 2.13. The summed E-state index contributed by atoms with van der Waals surface area (Å²) in [6, 6.07) is 8.99. The van der Waals surface area contributed by atoms with Gasteiger partial charge < -0.3 is 10.1 Å². The molecule has 0 aliphatic heterocycles. The van der Waals surface area contributed by atoms with Gasteiger partial charge in [0.15, 0.2) is 11.8 Å². The van der Waals surface area contributed by atoms with E-state index < -0.39 is 0 Å². The van der Waals surface area contributed by atoms with Crippen LogP contribution in [-0.2, 0) is 9.59 Å². The first-order valence-corrected chi connectivity index (χ1v) is 10.1. The van der Waals surface area contributed by atoms with E-state index in [0.29, 0.717) is 10.9 Å². The molecule has 0 aliphatic carbocycles. The van der Waals surface area contributed by atoms with E-state index in [1.165, 1.54) is 18.0 Å². The molecule has 0 fully saturated rings. The molecule has 0 aliphatic rings. The van der Waals surface area contributed by atoms with Gasteiger partial charge in [-0.1, -0.05) is 11.8 Å². The standard InChI is InChI=1S/C20H25N5O3S/c1-13(2)22-18(26)11-28-17-7-5-16(6-8-17)10-21-25-19(27)12-29-20-23-14(3)9-15(4)24-20/h5-10,13H,11-12H2,1-4H3,(H,22,26)(H,25,27)/b21-10-. The maximum Gasteiger partial charge on any atom is 0.258 e. The molecule has 0 atom stereocenters. The summed E-state index contributed by atoms with van der Waals surface area (Å²) in [5.74, 6) is 0.336. The summed E-state index contributed by atoms with van der Waals surface area (Å²) in [4.78, 5) is 32.0. The Morgan fingerprint density at radius 1 is 1.14 bits per heavy atom. The van der Waals surface area contributed by atoms with E-state index >= 15 is 0 Å². The van der Waals surface area contributed by atoms with Crippen molar-refractivity contribution in [3.05, 3.63) is 47.3 Å². The van der Waals surface area contributed by atoms with Crippen LogP contribution in [-0.4, -0.2) is 46.4 Å². The Bertz CT molecular complexity index is 849. The predicted octanol–water partition coefficient (Wildman–Crippen LogP) is 2.24. The van der Waals surface area contributed by atoms with Gasteiger partial charge in [0.05, 0.1) is 12.0 Å². The predicted molar refractivity (Wildman–Crippen MR) is 113 cm³/mol. The second-order valence-corrected chi connectivity index (χ2v) is 7.54. The number of rotatable bonds is 9. The minimum absolute atomic E-state index is 0.0382. The molecule has 1 heterocycles. The van der Waals surface area contributed by atoms with Crippen LogP contribution in [0.4, 0.5) is 0 Å². The molecule has 1 aromatic carbocycles. The van der Waals surface area contributed by atoms with Crippen molar-refractivity contribution in [2.45, 2.75) is 38.9 Å². The number of ether oxygens (including phenoxy) is 1. The average molecular weight is 416 g/mol. The fourth-order valence-electron chi connectivity index (χ4n) is 2.26. The highest BCUT2D eigenvalue weighted by atomic mass is 32.2. The van der Waals surface area contributed by atoms with Gasteiger partial charge in [-0.3, -0.25) is 9.59 Å². The van der Waals surface area contributed by atoms with E-state index in [2.05, 4.69) is 25.8 Å². The summed E-state index contributed by atoms with van der Waals surface area (Å²) in [6.07, 6.45) is 1.53. The molecule has 0 spiro atoms. The number of hydrogen-bond acceptors (Lipinski definition) is 7. The van der Waals surface area contributed by atoms with Crippen molar-refractivity contribution < 1.29 is 14.3 Å². The molecule has 0 unspecified atom stereocenters. The van der Waals surface area contributed by atoms with Gasteiger partial charge in [0, 0.05) is 17.4 Å². The number of aryl methyl sites for hydroxylation is 2. The highest BCUT2D eigenvalue weighted by molar-refractivity contribution is 7.99. The zero-order valence-electron chi connectivity index (χ0n) is 16.9. The van der Waals surface area contributed by atoms with Crippen molar-refractivity contribution in [3.8, 4) is 5.75 Å². The van der Waals surface area contributed by atoms with Crippen LogP contribution in [0.5, 0.6) is 5.75 Å². The number of carbonyl (C=O) groups is 2. The molecule has 154 valence electrons. The Hall–Kier alpha value is -2.94. The van der Waals surface area contributed by atoms with Gasteiger partial charge in [-0.25, -0.2) is 15.4 Å². The minimum atomic E-state index is -0.245. The van der Waals surface area contributed by atoms with Crippen molar-refractivity contribution in [3.63, 3.8) is 0 Å². The molecule has 29 heavy (non-hydrogen) atoms. The van der Waals surface area contributed by atoms with Crippen LogP contribution in [0, 0.1) is 13.8 Å². The topological polar surface area (TPSA) is 106 Å². The molecule has 2 amide bonds. The van der Waals surface area contributed by atoms with Gasteiger partial charge in [0.25, 0.3) is 11.8 Å². The van der Waals surface area contributed by atoms with Crippen molar-refractivity contribution in [1.29, 1.82) is 0 Å². The van der Waals surface area contributed by atoms with Gasteiger partial charge in [-0.15, -0.1) is 0 Å². The zero-order chi connectivity index (χ0) is 21.2. The number of amides is 2. The smallest absolute Gasteiger partial charge is 0.258 e. The summed E-state index contributed by atoms with van der Waals surface area (Å²) in [7, 11) is 0. The SMILES string of the molecule is Cc1cc(C)nc(SCC(=O)N/N=C\c2ccc(OCC(=O)NC(C)C)cc2)n1.